The molecule has 0 atom stereocenters. The number of rotatable bonds is 0. The summed E-state index contributed by atoms with van der Waals surface area (Å²) in [5.74, 6) is -2.17. The Morgan fingerprint density at radius 1 is 0.909 bits per heavy atom. The monoisotopic (exact) mass is 184 g/mol. The SMILES string of the molecule is CC(=O)[O-].CC(=O)[O-].O.[Mg+2].[Mg+2]. The van der Waals surface area contributed by atoms with Crippen molar-refractivity contribution in [3.05, 3.63) is 0 Å². The average Bonchev–Trinajstić information content (AvgIpc) is 1.25. The molecule has 5 nitrogen and oxygen atoms in total. The summed E-state index contributed by atoms with van der Waals surface area (Å²) < 4.78 is 0. The van der Waals surface area contributed by atoms with Crippen molar-refractivity contribution in [3.63, 3.8) is 0 Å². The van der Waals surface area contributed by atoms with Crippen LogP contribution in [0, 0.1) is 0 Å². The van der Waals surface area contributed by atoms with Crippen LogP contribution in [0.2, 0.25) is 0 Å². The maximum Gasteiger partial charge on any atom is 2.00 e. The van der Waals surface area contributed by atoms with Crippen molar-refractivity contribution in [1.82, 2.24) is 0 Å². The number of aliphatic carboxylic acids is 2. The molecule has 0 unspecified atom stereocenters. The minimum absolute atomic E-state index is 0. The van der Waals surface area contributed by atoms with E-state index in [0.717, 1.165) is 13.8 Å². The van der Waals surface area contributed by atoms with Gasteiger partial charge in [0.05, 0.1) is 0 Å². The van der Waals surface area contributed by atoms with Gasteiger partial charge in [-0.1, -0.05) is 0 Å². The maximum atomic E-state index is 8.89. The molecule has 0 spiro atoms. The molecule has 0 amide bonds. The molecule has 0 aromatic heterocycles. The van der Waals surface area contributed by atoms with Gasteiger partial charge >= 0.3 is 46.1 Å². The van der Waals surface area contributed by atoms with E-state index in [0.29, 0.717) is 0 Å². The average molecular weight is 185 g/mol. The first-order valence-corrected chi connectivity index (χ1v) is 1.82. The fraction of sp³-hybridized carbons (Fsp3) is 0.500. The summed E-state index contributed by atoms with van der Waals surface area (Å²) in [6.07, 6.45) is 0. The molecule has 0 aliphatic rings. The molecule has 0 aromatic rings. The third-order valence-electron chi connectivity index (χ3n) is 0. The zero-order valence-electron chi connectivity index (χ0n) is 6.55. The van der Waals surface area contributed by atoms with Gasteiger partial charge in [-0.3, -0.25) is 0 Å². The van der Waals surface area contributed by atoms with Crippen LogP contribution in [0.4, 0.5) is 0 Å². The van der Waals surface area contributed by atoms with Crippen LogP contribution in [0.15, 0.2) is 0 Å². The molecule has 11 heavy (non-hydrogen) atoms. The fourth-order valence-electron chi connectivity index (χ4n) is 0. The largest absolute Gasteiger partial charge is 2.00 e. The summed E-state index contributed by atoms with van der Waals surface area (Å²) in [5.41, 5.74) is 0. The minimum Gasteiger partial charge on any atom is -0.550 e. The second-order valence-corrected chi connectivity index (χ2v) is 0.983. The molecule has 0 aliphatic carbocycles. The molecule has 0 aromatic carbocycles. The van der Waals surface area contributed by atoms with Gasteiger partial charge in [-0.25, -0.2) is 0 Å². The first-order valence-electron chi connectivity index (χ1n) is 1.82. The number of carboxylic acid groups (broad SMARTS) is 2. The molecule has 0 saturated heterocycles. The summed E-state index contributed by atoms with van der Waals surface area (Å²) in [7, 11) is 0. The Morgan fingerprint density at radius 2 is 0.909 bits per heavy atom. The molecule has 0 heterocycles. The maximum absolute atomic E-state index is 8.89. The van der Waals surface area contributed by atoms with Crippen LogP contribution < -0.4 is 10.2 Å². The topological polar surface area (TPSA) is 112 Å². The number of carboxylic acids is 2. The van der Waals surface area contributed by atoms with Crippen LogP contribution in [0.3, 0.4) is 0 Å². The Balaban J connectivity index is -0.0000000171. The zero-order valence-corrected chi connectivity index (χ0v) is 9.38. The normalized spacial score (nSPS) is 4.55. The molecule has 0 saturated carbocycles. The van der Waals surface area contributed by atoms with Crippen LogP contribution in [0.25, 0.3) is 0 Å². The van der Waals surface area contributed by atoms with Crippen molar-refractivity contribution in [2.24, 2.45) is 0 Å². The van der Waals surface area contributed by atoms with E-state index < -0.39 is 11.9 Å². The Morgan fingerprint density at radius 3 is 0.909 bits per heavy atom. The van der Waals surface area contributed by atoms with Crippen LogP contribution >= 0.6 is 0 Å². The number of hydrogen-bond donors (Lipinski definition) is 0. The Kier molecular flexibility index (Phi) is 61.3. The number of hydrogen-bond acceptors (Lipinski definition) is 4. The van der Waals surface area contributed by atoms with Crippen molar-refractivity contribution >= 4 is 58.0 Å². The van der Waals surface area contributed by atoms with Gasteiger partial charge in [0.2, 0.25) is 0 Å². The van der Waals surface area contributed by atoms with E-state index in [2.05, 4.69) is 0 Å². The molecule has 0 bridgehead atoms. The van der Waals surface area contributed by atoms with Gasteiger partial charge in [-0.15, -0.1) is 0 Å². The Bertz CT molecular complexity index is 74.5. The van der Waals surface area contributed by atoms with Crippen molar-refractivity contribution in [3.8, 4) is 0 Å². The fourth-order valence-corrected chi connectivity index (χ4v) is 0. The van der Waals surface area contributed by atoms with Gasteiger partial charge < -0.3 is 25.3 Å². The van der Waals surface area contributed by atoms with E-state index in [9.17, 15) is 0 Å². The Labute approximate surface area is 96.8 Å². The number of carbonyl (C=O) groups excluding carboxylic acids is 2. The Hall–Kier alpha value is 0.432. The second kappa shape index (κ2) is 22.4. The molecule has 0 radical (unpaired) electrons. The van der Waals surface area contributed by atoms with Crippen molar-refractivity contribution in [2.45, 2.75) is 13.8 Å². The predicted molar refractivity (Wildman–Crippen MR) is 36.5 cm³/mol. The van der Waals surface area contributed by atoms with Crippen LogP contribution in [0.1, 0.15) is 13.8 Å². The molecule has 0 fully saturated rings. The summed E-state index contributed by atoms with van der Waals surface area (Å²) >= 11 is 0. The van der Waals surface area contributed by atoms with Crippen molar-refractivity contribution in [1.29, 1.82) is 0 Å². The molecule has 7 heteroatoms. The quantitative estimate of drug-likeness (QED) is 0.357. The molecule has 0 rings (SSSR count). The van der Waals surface area contributed by atoms with E-state index in [1.807, 2.05) is 0 Å². The van der Waals surface area contributed by atoms with E-state index in [1.165, 1.54) is 0 Å². The molecular weight excluding hydrogens is 177 g/mol. The van der Waals surface area contributed by atoms with Crippen LogP contribution in [-0.2, 0) is 9.59 Å². The smallest absolute Gasteiger partial charge is 0.550 e. The first-order chi connectivity index (χ1) is 3.46. The van der Waals surface area contributed by atoms with E-state index >= 15 is 0 Å². The second-order valence-electron chi connectivity index (χ2n) is 0.983. The van der Waals surface area contributed by atoms with Gasteiger partial charge in [0.25, 0.3) is 0 Å². The van der Waals surface area contributed by atoms with E-state index in [1.54, 1.807) is 0 Å². The molecule has 0 aliphatic heterocycles. The van der Waals surface area contributed by atoms with Crippen molar-refractivity contribution in [2.75, 3.05) is 0 Å². The third-order valence-corrected chi connectivity index (χ3v) is 0. The van der Waals surface area contributed by atoms with Crippen LogP contribution in [0.5, 0.6) is 0 Å². The summed E-state index contributed by atoms with van der Waals surface area (Å²) in [4.78, 5) is 17.8. The molecule has 2 N–H and O–H groups in total. The molecule has 56 valence electrons. The summed E-state index contributed by atoms with van der Waals surface area (Å²) in [6, 6.07) is 0. The summed E-state index contributed by atoms with van der Waals surface area (Å²) in [6.45, 7) is 1.94. The third kappa shape index (κ3) is 3970. The van der Waals surface area contributed by atoms with Crippen molar-refractivity contribution < 1.29 is 25.3 Å². The zero-order chi connectivity index (χ0) is 7.15. The van der Waals surface area contributed by atoms with E-state index in [-0.39, 0.29) is 51.6 Å². The first kappa shape index (κ1) is 30.1. The minimum atomic E-state index is -1.08. The van der Waals surface area contributed by atoms with Gasteiger partial charge in [-0.05, 0) is 13.8 Å². The van der Waals surface area contributed by atoms with Gasteiger partial charge in [0, 0.05) is 11.9 Å². The predicted octanol–water partition coefficient (Wildman–Crippen LogP) is -4.07. The van der Waals surface area contributed by atoms with Gasteiger partial charge in [0.15, 0.2) is 0 Å². The standard InChI is InChI=1S/2C2H4O2.2Mg.H2O/c2*1-2(3)4;;;/h2*1H3,(H,3,4);;;1H2/q;;2*+2;/p-2. The van der Waals surface area contributed by atoms with Gasteiger partial charge in [0.1, 0.15) is 0 Å². The van der Waals surface area contributed by atoms with E-state index in [4.69, 9.17) is 19.8 Å². The number of carbonyl (C=O) groups is 2. The summed E-state index contributed by atoms with van der Waals surface area (Å²) in [5, 5.41) is 17.8. The van der Waals surface area contributed by atoms with Gasteiger partial charge in [-0.2, -0.15) is 0 Å². The van der Waals surface area contributed by atoms with Crippen LogP contribution in [-0.4, -0.2) is 63.5 Å². The molecular formula is C4H8Mg2O5+2.